The van der Waals surface area contributed by atoms with Crippen molar-refractivity contribution in [2.75, 3.05) is 11.4 Å². The highest BCUT2D eigenvalue weighted by Crippen LogP contribution is 2.24. The molecule has 5 nitrogen and oxygen atoms in total. The zero-order chi connectivity index (χ0) is 20.5. The Morgan fingerprint density at radius 3 is 2.52 bits per heavy atom. The minimum absolute atomic E-state index is 0.131. The van der Waals surface area contributed by atoms with Crippen molar-refractivity contribution in [1.82, 2.24) is 14.6 Å². The van der Waals surface area contributed by atoms with E-state index in [1.807, 2.05) is 78.7 Å². The van der Waals surface area contributed by atoms with E-state index in [-0.39, 0.29) is 5.91 Å². The summed E-state index contributed by atoms with van der Waals surface area (Å²) in [5.41, 5.74) is 7.03. The Kier molecular flexibility index (Phi) is 5.05. The third-order valence-electron chi connectivity index (χ3n) is 5.63. The van der Waals surface area contributed by atoms with E-state index in [4.69, 9.17) is 10.1 Å². The first kappa shape index (κ1) is 19.1. The Hall–Kier alpha value is -3.21. The number of amides is 1. The molecule has 0 saturated carbocycles. The van der Waals surface area contributed by atoms with Crippen molar-refractivity contribution in [2.24, 2.45) is 0 Å². The molecule has 0 atom stereocenters. The number of aryl methyl sites for hydroxylation is 3. The quantitative estimate of drug-likeness (QED) is 0.495. The lowest BCUT2D eigenvalue weighted by atomic mass is 10.1. The smallest absolute Gasteiger partial charge is 0.227 e. The molecule has 4 rings (SSSR count). The summed E-state index contributed by atoms with van der Waals surface area (Å²) in [4.78, 5) is 19.7. The summed E-state index contributed by atoms with van der Waals surface area (Å²) in [5.74, 6) is 0.131. The van der Waals surface area contributed by atoms with E-state index in [9.17, 15) is 4.79 Å². The first-order valence-electron chi connectivity index (χ1n) is 10.1. The highest BCUT2D eigenvalue weighted by atomic mass is 16.2. The summed E-state index contributed by atoms with van der Waals surface area (Å²) < 4.78 is 1.91. The number of fused-ring (bicyclic) bond motifs is 3. The lowest BCUT2D eigenvalue weighted by molar-refractivity contribution is -0.118. The maximum atomic E-state index is 13.0. The molecule has 4 aromatic rings. The van der Waals surface area contributed by atoms with Gasteiger partial charge < -0.3 is 4.90 Å². The fraction of sp³-hybridized carbons (Fsp3) is 0.292. The van der Waals surface area contributed by atoms with Gasteiger partial charge in [0.1, 0.15) is 0 Å². The minimum atomic E-state index is 0.131. The van der Waals surface area contributed by atoms with Crippen LogP contribution in [0.1, 0.15) is 35.9 Å². The summed E-state index contributed by atoms with van der Waals surface area (Å²) in [6.07, 6.45) is 1.09. The lowest BCUT2D eigenvalue weighted by Crippen LogP contribution is -2.31. The van der Waals surface area contributed by atoms with Crippen molar-refractivity contribution in [3.8, 4) is 0 Å². The molecule has 29 heavy (non-hydrogen) atoms. The summed E-state index contributed by atoms with van der Waals surface area (Å²) in [5, 5.41) is 5.77. The van der Waals surface area contributed by atoms with Crippen molar-refractivity contribution in [1.29, 1.82) is 0 Å². The molecule has 0 spiro atoms. The molecule has 0 N–H and O–H groups in total. The van der Waals surface area contributed by atoms with Gasteiger partial charge >= 0.3 is 0 Å². The number of carbonyl (C=O) groups is 1. The molecule has 2 aromatic carbocycles. The monoisotopic (exact) mass is 386 g/mol. The van der Waals surface area contributed by atoms with Crippen molar-refractivity contribution in [3.63, 3.8) is 0 Å². The van der Waals surface area contributed by atoms with Gasteiger partial charge in [0.15, 0.2) is 5.65 Å². The first-order valence-corrected chi connectivity index (χ1v) is 10.1. The molecule has 0 aliphatic carbocycles. The third kappa shape index (κ3) is 3.37. The van der Waals surface area contributed by atoms with E-state index in [1.54, 1.807) is 0 Å². The number of hydrogen-bond acceptors (Lipinski definition) is 3. The average molecular weight is 386 g/mol. The Labute approximate surface area is 171 Å². The van der Waals surface area contributed by atoms with Gasteiger partial charge in [-0.3, -0.25) is 4.79 Å². The minimum Gasteiger partial charge on any atom is -0.312 e. The Bertz CT molecular complexity index is 1210. The van der Waals surface area contributed by atoms with Gasteiger partial charge in [-0.25, -0.2) is 9.50 Å². The predicted octanol–water partition coefficient (Wildman–Crippen LogP) is 4.79. The molecule has 0 aliphatic rings. The van der Waals surface area contributed by atoms with Crippen molar-refractivity contribution in [2.45, 2.75) is 40.5 Å². The molecular weight excluding hydrogens is 360 g/mol. The SMILES string of the molecule is CCN(C(=O)CCc1c(C)nc2c3ccccc3nn2c1C)c1ccccc1C. The second-order valence-electron chi connectivity index (χ2n) is 7.44. The van der Waals surface area contributed by atoms with Crippen LogP contribution in [-0.4, -0.2) is 27.0 Å². The highest BCUT2D eigenvalue weighted by Gasteiger charge is 2.18. The zero-order valence-corrected chi connectivity index (χ0v) is 17.4. The number of hydrogen-bond donors (Lipinski definition) is 0. The van der Waals surface area contributed by atoms with Crippen LogP contribution in [0.2, 0.25) is 0 Å². The van der Waals surface area contributed by atoms with Crippen LogP contribution in [0.5, 0.6) is 0 Å². The molecule has 0 unspecified atom stereocenters. The number of anilines is 1. The van der Waals surface area contributed by atoms with E-state index in [2.05, 4.69) is 6.92 Å². The Balaban J connectivity index is 1.63. The van der Waals surface area contributed by atoms with E-state index in [0.29, 0.717) is 19.4 Å². The van der Waals surface area contributed by atoms with E-state index in [0.717, 1.165) is 44.8 Å². The highest BCUT2D eigenvalue weighted by molar-refractivity contribution is 5.94. The van der Waals surface area contributed by atoms with E-state index >= 15 is 0 Å². The molecule has 0 aliphatic heterocycles. The van der Waals surface area contributed by atoms with Crippen molar-refractivity contribution in [3.05, 3.63) is 71.0 Å². The molecule has 2 aromatic heterocycles. The molecule has 0 bridgehead atoms. The third-order valence-corrected chi connectivity index (χ3v) is 5.63. The maximum Gasteiger partial charge on any atom is 0.227 e. The molecule has 2 heterocycles. The lowest BCUT2D eigenvalue weighted by Gasteiger charge is -2.23. The summed E-state index contributed by atoms with van der Waals surface area (Å²) in [6.45, 7) is 8.80. The second kappa shape index (κ2) is 7.66. The molecule has 0 fully saturated rings. The number of aromatic nitrogens is 3. The van der Waals surface area contributed by atoms with Crippen LogP contribution in [0, 0.1) is 20.8 Å². The fourth-order valence-corrected chi connectivity index (χ4v) is 4.05. The Morgan fingerprint density at radius 2 is 1.76 bits per heavy atom. The van der Waals surface area contributed by atoms with Crippen LogP contribution in [0.4, 0.5) is 5.69 Å². The fourth-order valence-electron chi connectivity index (χ4n) is 4.05. The number of rotatable bonds is 5. The normalized spacial score (nSPS) is 11.3. The summed E-state index contributed by atoms with van der Waals surface area (Å²) >= 11 is 0. The first-order chi connectivity index (χ1) is 14.0. The molecule has 5 heteroatoms. The van der Waals surface area contributed by atoms with Crippen molar-refractivity contribution >= 4 is 28.1 Å². The van der Waals surface area contributed by atoms with Gasteiger partial charge in [-0.15, -0.1) is 0 Å². The van der Waals surface area contributed by atoms with Gasteiger partial charge in [-0.05, 0) is 63.4 Å². The van der Waals surface area contributed by atoms with Gasteiger partial charge in [0, 0.05) is 35.4 Å². The Morgan fingerprint density at radius 1 is 1.03 bits per heavy atom. The number of carbonyl (C=O) groups excluding carboxylic acids is 1. The van der Waals surface area contributed by atoms with Crippen LogP contribution in [0.3, 0.4) is 0 Å². The van der Waals surface area contributed by atoms with Gasteiger partial charge in [-0.2, -0.15) is 5.10 Å². The van der Waals surface area contributed by atoms with Crippen LogP contribution >= 0.6 is 0 Å². The average Bonchev–Trinajstić information content (AvgIpc) is 3.09. The zero-order valence-electron chi connectivity index (χ0n) is 17.4. The van der Waals surface area contributed by atoms with Crippen LogP contribution in [-0.2, 0) is 11.2 Å². The predicted molar refractivity (Wildman–Crippen MR) is 117 cm³/mol. The number of para-hydroxylation sites is 1. The largest absolute Gasteiger partial charge is 0.312 e. The molecular formula is C24H26N4O. The van der Waals surface area contributed by atoms with Crippen molar-refractivity contribution < 1.29 is 4.79 Å². The second-order valence-corrected chi connectivity index (χ2v) is 7.44. The molecule has 0 saturated heterocycles. The van der Waals surface area contributed by atoms with Crippen LogP contribution in [0.25, 0.3) is 16.6 Å². The van der Waals surface area contributed by atoms with E-state index in [1.165, 1.54) is 0 Å². The van der Waals surface area contributed by atoms with Crippen LogP contribution < -0.4 is 4.90 Å². The van der Waals surface area contributed by atoms with Gasteiger partial charge in [0.2, 0.25) is 5.91 Å². The maximum absolute atomic E-state index is 13.0. The molecule has 148 valence electrons. The van der Waals surface area contributed by atoms with Crippen LogP contribution in [0.15, 0.2) is 48.5 Å². The van der Waals surface area contributed by atoms with Gasteiger partial charge in [-0.1, -0.05) is 30.3 Å². The van der Waals surface area contributed by atoms with Gasteiger partial charge in [0.05, 0.1) is 5.52 Å². The summed E-state index contributed by atoms with van der Waals surface area (Å²) in [6, 6.07) is 16.1. The van der Waals surface area contributed by atoms with Gasteiger partial charge in [0.25, 0.3) is 0 Å². The standard InChI is InChI=1S/C24H26N4O/c1-5-27(22-13-9-6-10-16(22)2)23(29)15-14-19-17(3)25-24-20-11-7-8-12-21(20)26-28(24)18(19)4/h6-13H,5,14-15H2,1-4H3. The summed E-state index contributed by atoms with van der Waals surface area (Å²) in [7, 11) is 0. The molecule has 0 radical (unpaired) electrons. The topological polar surface area (TPSA) is 50.5 Å². The van der Waals surface area contributed by atoms with E-state index < -0.39 is 0 Å². The number of nitrogens with zero attached hydrogens (tertiary/aromatic N) is 4. The number of benzene rings is 2. The molecule has 1 amide bonds.